The highest BCUT2D eigenvalue weighted by Gasteiger charge is 2.36. The van der Waals surface area contributed by atoms with Gasteiger partial charge in [0, 0.05) is 12.3 Å². The lowest BCUT2D eigenvalue weighted by molar-refractivity contribution is -0.165. The largest absolute Gasteiger partial charge is 0.454 e. The Bertz CT molecular complexity index is 679. The summed E-state index contributed by atoms with van der Waals surface area (Å²) in [5.41, 5.74) is 0.102. The van der Waals surface area contributed by atoms with Crippen molar-refractivity contribution in [3.63, 3.8) is 0 Å². The summed E-state index contributed by atoms with van der Waals surface area (Å²) in [5.74, 6) is -2.30. The van der Waals surface area contributed by atoms with E-state index in [-0.39, 0.29) is 17.1 Å². The molecule has 1 aromatic carbocycles. The first-order valence-electron chi connectivity index (χ1n) is 6.13. The van der Waals surface area contributed by atoms with E-state index in [2.05, 4.69) is 10.3 Å². The molecular formula is C15H10F4N2O. The quantitative estimate of drug-likeness (QED) is 0.690. The molecule has 2 aromatic rings. The van der Waals surface area contributed by atoms with Crippen LogP contribution in [0.4, 0.5) is 23.4 Å². The smallest absolute Gasteiger partial charge is 0.340 e. The molecule has 7 heteroatoms. The molecule has 0 amide bonds. The number of carbonyl (C=O) groups is 1. The van der Waals surface area contributed by atoms with Crippen LogP contribution in [-0.2, 0) is 4.79 Å². The number of carbonyl (C=O) groups excluding carboxylic acids is 1. The van der Waals surface area contributed by atoms with Crippen molar-refractivity contribution in [3.8, 4) is 0 Å². The highest BCUT2D eigenvalue weighted by Crippen LogP contribution is 2.22. The average molecular weight is 310 g/mol. The van der Waals surface area contributed by atoms with Crippen molar-refractivity contribution in [1.82, 2.24) is 4.98 Å². The summed E-state index contributed by atoms with van der Waals surface area (Å²) in [6.07, 6.45) is -3.13. The van der Waals surface area contributed by atoms with E-state index >= 15 is 0 Å². The first-order valence-corrected chi connectivity index (χ1v) is 6.13. The van der Waals surface area contributed by atoms with Crippen LogP contribution in [0, 0.1) is 5.82 Å². The molecule has 0 aliphatic rings. The number of halogens is 4. The van der Waals surface area contributed by atoms with Gasteiger partial charge in [0.25, 0.3) is 5.78 Å². The molecule has 1 N–H and O–H groups in total. The Morgan fingerprint density at radius 1 is 1.09 bits per heavy atom. The highest BCUT2D eigenvalue weighted by molar-refractivity contribution is 6.01. The Hall–Kier alpha value is -2.70. The summed E-state index contributed by atoms with van der Waals surface area (Å²) in [6, 6.07) is 9.48. The van der Waals surface area contributed by atoms with Gasteiger partial charge < -0.3 is 5.32 Å². The molecule has 1 aromatic heterocycles. The Labute approximate surface area is 123 Å². The van der Waals surface area contributed by atoms with Gasteiger partial charge in [0.2, 0.25) is 0 Å². The standard InChI is InChI=1S/C15H10F4N2O/c16-11-6-4-10(5-7-11)12(9-13(22)15(17,18)19)21-14-3-1-2-8-20-14/h1-9H,(H,20,21)/b12-9+. The second-order valence-electron chi connectivity index (χ2n) is 4.27. The number of ketones is 1. The SMILES string of the molecule is O=C(/C=C(/Nc1ccccn1)c1ccc(F)cc1)C(F)(F)F. The number of hydrogen-bond donors (Lipinski definition) is 1. The molecule has 0 spiro atoms. The van der Waals surface area contributed by atoms with Crippen LogP contribution in [-0.4, -0.2) is 16.9 Å². The molecule has 0 fully saturated rings. The van der Waals surface area contributed by atoms with Gasteiger partial charge in [-0.2, -0.15) is 13.2 Å². The number of anilines is 1. The molecule has 3 nitrogen and oxygen atoms in total. The summed E-state index contributed by atoms with van der Waals surface area (Å²) >= 11 is 0. The van der Waals surface area contributed by atoms with Crippen molar-refractivity contribution in [3.05, 3.63) is 66.1 Å². The fraction of sp³-hybridized carbons (Fsp3) is 0.0667. The molecule has 1 heterocycles. The summed E-state index contributed by atoms with van der Waals surface area (Å²) in [6.45, 7) is 0. The fourth-order valence-electron chi connectivity index (χ4n) is 1.61. The van der Waals surface area contributed by atoms with Crippen LogP contribution in [0.2, 0.25) is 0 Å². The first-order chi connectivity index (χ1) is 10.4. The molecular weight excluding hydrogens is 300 g/mol. The van der Waals surface area contributed by atoms with E-state index in [4.69, 9.17) is 0 Å². The highest BCUT2D eigenvalue weighted by atomic mass is 19.4. The number of allylic oxidation sites excluding steroid dienone is 1. The van der Waals surface area contributed by atoms with Gasteiger partial charge >= 0.3 is 6.18 Å². The number of alkyl halides is 3. The van der Waals surface area contributed by atoms with Gasteiger partial charge in [0.15, 0.2) is 0 Å². The van der Waals surface area contributed by atoms with Crippen LogP contribution >= 0.6 is 0 Å². The first kappa shape index (κ1) is 15.7. The monoisotopic (exact) mass is 310 g/mol. The fourth-order valence-corrected chi connectivity index (χ4v) is 1.61. The molecule has 22 heavy (non-hydrogen) atoms. The Kier molecular flexibility index (Phi) is 4.55. The molecule has 0 saturated heterocycles. The second kappa shape index (κ2) is 6.38. The van der Waals surface area contributed by atoms with Gasteiger partial charge in [-0.3, -0.25) is 4.79 Å². The Morgan fingerprint density at radius 3 is 2.32 bits per heavy atom. The molecule has 0 aliphatic heterocycles. The maximum absolute atomic E-state index is 12.9. The summed E-state index contributed by atoms with van der Waals surface area (Å²) in [4.78, 5) is 15.1. The van der Waals surface area contributed by atoms with Gasteiger partial charge in [-0.25, -0.2) is 9.37 Å². The lowest BCUT2D eigenvalue weighted by Crippen LogP contribution is -2.21. The van der Waals surface area contributed by atoms with Gasteiger partial charge in [-0.1, -0.05) is 6.07 Å². The Morgan fingerprint density at radius 2 is 1.77 bits per heavy atom. The minimum absolute atomic E-state index is 0.124. The molecule has 0 saturated carbocycles. The van der Waals surface area contributed by atoms with Crippen LogP contribution in [0.3, 0.4) is 0 Å². The molecule has 0 aliphatic carbocycles. The van der Waals surface area contributed by atoms with E-state index in [1.807, 2.05) is 0 Å². The predicted molar refractivity (Wildman–Crippen MR) is 73.3 cm³/mol. The molecule has 0 bridgehead atoms. The van der Waals surface area contributed by atoms with Crippen molar-refractivity contribution in [2.75, 3.05) is 5.32 Å². The number of aromatic nitrogens is 1. The van der Waals surface area contributed by atoms with Crippen LogP contribution in [0.5, 0.6) is 0 Å². The Balaban J connectivity index is 2.38. The zero-order valence-corrected chi connectivity index (χ0v) is 11.1. The summed E-state index contributed by atoms with van der Waals surface area (Å²) in [5, 5.41) is 2.62. The van der Waals surface area contributed by atoms with Crippen molar-refractivity contribution < 1.29 is 22.4 Å². The number of nitrogens with one attached hydrogen (secondary N) is 1. The van der Waals surface area contributed by atoms with Crippen molar-refractivity contribution in [1.29, 1.82) is 0 Å². The van der Waals surface area contributed by atoms with Gasteiger partial charge in [0.1, 0.15) is 11.6 Å². The maximum Gasteiger partial charge on any atom is 0.454 e. The molecule has 0 atom stereocenters. The molecule has 0 unspecified atom stereocenters. The summed E-state index contributed by atoms with van der Waals surface area (Å²) < 4.78 is 50.2. The minimum atomic E-state index is -4.99. The van der Waals surface area contributed by atoms with E-state index in [9.17, 15) is 22.4 Å². The number of hydrogen-bond acceptors (Lipinski definition) is 3. The van der Waals surface area contributed by atoms with Gasteiger partial charge in [-0.15, -0.1) is 0 Å². The van der Waals surface area contributed by atoms with Crippen LogP contribution in [0.1, 0.15) is 5.56 Å². The van der Waals surface area contributed by atoms with E-state index in [1.165, 1.54) is 24.4 Å². The normalized spacial score (nSPS) is 12.1. The predicted octanol–water partition coefficient (Wildman–Crippen LogP) is 3.81. The molecule has 0 radical (unpaired) electrons. The third-order valence-corrected chi connectivity index (χ3v) is 2.64. The maximum atomic E-state index is 12.9. The van der Waals surface area contributed by atoms with Gasteiger partial charge in [0.05, 0.1) is 5.70 Å². The second-order valence-corrected chi connectivity index (χ2v) is 4.27. The van der Waals surface area contributed by atoms with Crippen molar-refractivity contribution in [2.24, 2.45) is 0 Å². The third-order valence-electron chi connectivity index (χ3n) is 2.64. The van der Waals surface area contributed by atoms with E-state index in [0.29, 0.717) is 6.08 Å². The zero-order chi connectivity index (χ0) is 16.2. The average Bonchev–Trinajstić information content (AvgIpc) is 2.47. The minimum Gasteiger partial charge on any atom is -0.340 e. The number of nitrogens with zero attached hydrogens (tertiary/aromatic N) is 1. The summed E-state index contributed by atoms with van der Waals surface area (Å²) in [7, 11) is 0. The zero-order valence-electron chi connectivity index (χ0n) is 11.1. The van der Waals surface area contributed by atoms with Crippen LogP contribution < -0.4 is 5.32 Å². The third kappa shape index (κ3) is 4.15. The van der Waals surface area contributed by atoms with Crippen molar-refractivity contribution in [2.45, 2.75) is 6.18 Å². The van der Waals surface area contributed by atoms with E-state index in [1.54, 1.807) is 12.1 Å². The van der Waals surface area contributed by atoms with Crippen LogP contribution in [0.25, 0.3) is 5.70 Å². The lowest BCUT2D eigenvalue weighted by Gasteiger charge is -2.11. The lowest BCUT2D eigenvalue weighted by atomic mass is 10.1. The molecule has 2 rings (SSSR count). The van der Waals surface area contributed by atoms with Crippen LogP contribution in [0.15, 0.2) is 54.7 Å². The number of benzene rings is 1. The number of rotatable bonds is 4. The topological polar surface area (TPSA) is 42.0 Å². The van der Waals surface area contributed by atoms with Gasteiger partial charge in [-0.05, 0) is 42.0 Å². The number of pyridine rings is 1. The van der Waals surface area contributed by atoms with E-state index in [0.717, 1.165) is 12.1 Å². The van der Waals surface area contributed by atoms with E-state index < -0.39 is 17.8 Å². The van der Waals surface area contributed by atoms with Crippen molar-refractivity contribution >= 4 is 17.3 Å². The molecule has 114 valence electrons.